The van der Waals surface area contributed by atoms with E-state index in [1.165, 1.54) is 6.33 Å². The fourth-order valence-electron chi connectivity index (χ4n) is 3.24. The van der Waals surface area contributed by atoms with Gasteiger partial charge in [0.05, 0.1) is 6.10 Å². The second kappa shape index (κ2) is 8.62. The van der Waals surface area contributed by atoms with Crippen LogP contribution < -0.4 is 5.32 Å². The van der Waals surface area contributed by atoms with E-state index in [0.717, 1.165) is 31.4 Å². The molecule has 7 heteroatoms. The molecule has 25 heavy (non-hydrogen) atoms. The highest BCUT2D eigenvalue weighted by atomic mass is 16.3. The Morgan fingerprint density at radius 3 is 2.72 bits per heavy atom. The average Bonchev–Trinajstić information content (AvgIpc) is 3.19. The van der Waals surface area contributed by atoms with Gasteiger partial charge >= 0.3 is 6.03 Å². The van der Waals surface area contributed by atoms with Gasteiger partial charge in [-0.3, -0.25) is 4.68 Å². The number of rotatable bonds is 6. The average molecular weight is 343 g/mol. The van der Waals surface area contributed by atoms with Gasteiger partial charge < -0.3 is 15.3 Å². The molecule has 1 aliphatic heterocycles. The van der Waals surface area contributed by atoms with Crippen molar-refractivity contribution in [1.82, 2.24) is 25.0 Å². The van der Waals surface area contributed by atoms with Gasteiger partial charge in [-0.25, -0.2) is 9.78 Å². The lowest BCUT2D eigenvalue weighted by Gasteiger charge is -2.34. The van der Waals surface area contributed by atoms with Crippen LogP contribution in [0.1, 0.15) is 30.9 Å². The van der Waals surface area contributed by atoms with Crippen LogP contribution in [0, 0.1) is 5.92 Å². The highest BCUT2D eigenvalue weighted by Crippen LogP contribution is 2.30. The zero-order valence-electron chi connectivity index (χ0n) is 14.3. The molecule has 0 aliphatic carbocycles. The molecule has 3 rings (SSSR count). The summed E-state index contributed by atoms with van der Waals surface area (Å²) in [7, 11) is 0. The standard InChI is InChI=1S/C18H25N5O2/c24-17(15-5-2-1-3-6-15)16-7-11-22(12-8-16)18(25)20-9-4-10-23-14-19-13-21-23/h1-3,5-6,13-14,16-17,24H,4,7-12H2,(H,20,25). The van der Waals surface area contributed by atoms with Gasteiger partial charge in [0.15, 0.2) is 0 Å². The maximum Gasteiger partial charge on any atom is 0.317 e. The van der Waals surface area contributed by atoms with E-state index in [-0.39, 0.29) is 11.9 Å². The van der Waals surface area contributed by atoms with Gasteiger partial charge in [-0.1, -0.05) is 30.3 Å². The Balaban J connectivity index is 1.37. The van der Waals surface area contributed by atoms with Crippen LogP contribution in [0.5, 0.6) is 0 Å². The van der Waals surface area contributed by atoms with Crippen molar-refractivity contribution in [3.8, 4) is 0 Å². The summed E-state index contributed by atoms with van der Waals surface area (Å²) < 4.78 is 1.75. The summed E-state index contributed by atoms with van der Waals surface area (Å²) >= 11 is 0. The summed E-state index contributed by atoms with van der Waals surface area (Å²) in [5.74, 6) is 0.207. The molecule has 0 radical (unpaired) electrons. The second-order valence-corrected chi connectivity index (χ2v) is 6.42. The zero-order chi connectivity index (χ0) is 17.5. The van der Waals surface area contributed by atoms with Crippen molar-refractivity contribution in [2.24, 2.45) is 5.92 Å². The summed E-state index contributed by atoms with van der Waals surface area (Å²) in [6.07, 6.45) is 5.19. The lowest BCUT2D eigenvalue weighted by molar-refractivity contribution is 0.0665. The number of hydrogen-bond donors (Lipinski definition) is 2. The van der Waals surface area contributed by atoms with Crippen LogP contribution in [0.3, 0.4) is 0 Å². The minimum absolute atomic E-state index is 0.0220. The summed E-state index contributed by atoms with van der Waals surface area (Å²) in [6, 6.07) is 9.73. The quantitative estimate of drug-likeness (QED) is 0.784. The molecule has 0 spiro atoms. The van der Waals surface area contributed by atoms with Gasteiger partial charge in [-0.05, 0) is 30.7 Å². The molecule has 2 amide bonds. The number of likely N-dealkylation sites (tertiary alicyclic amines) is 1. The smallest absolute Gasteiger partial charge is 0.317 e. The van der Waals surface area contributed by atoms with Crippen molar-refractivity contribution in [3.63, 3.8) is 0 Å². The molecule has 7 nitrogen and oxygen atoms in total. The van der Waals surface area contributed by atoms with Crippen LogP contribution in [0.25, 0.3) is 0 Å². The number of carbonyl (C=O) groups excluding carboxylic acids is 1. The fraction of sp³-hybridized carbons (Fsp3) is 0.500. The number of nitrogens with zero attached hydrogens (tertiary/aromatic N) is 4. The number of benzene rings is 1. The molecule has 0 saturated carbocycles. The van der Waals surface area contributed by atoms with Crippen LogP contribution in [0.15, 0.2) is 43.0 Å². The number of aliphatic hydroxyl groups is 1. The Kier molecular flexibility index (Phi) is 6.00. The topological polar surface area (TPSA) is 83.3 Å². The number of nitrogens with one attached hydrogen (secondary N) is 1. The largest absolute Gasteiger partial charge is 0.388 e. The van der Waals surface area contributed by atoms with Crippen molar-refractivity contribution in [1.29, 1.82) is 0 Å². The van der Waals surface area contributed by atoms with Gasteiger partial charge in [0.25, 0.3) is 0 Å². The summed E-state index contributed by atoms with van der Waals surface area (Å²) in [6.45, 7) is 2.73. The van der Waals surface area contributed by atoms with Crippen LogP contribution in [0.4, 0.5) is 4.79 Å². The first kappa shape index (κ1) is 17.4. The number of carbonyl (C=O) groups is 1. The molecule has 0 bridgehead atoms. The molecule has 1 aromatic heterocycles. The molecule has 1 fully saturated rings. The van der Waals surface area contributed by atoms with Crippen LogP contribution >= 0.6 is 0 Å². The molecule has 2 heterocycles. The lowest BCUT2D eigenvalue weighted by atomic mass is 9.87. The SMILES string of the molecule is O=C(NCCCn1cncn1)N1CCC(C(O)c2ccccc2)CC1. The second-order valence-electron chi connectivity index (χ2n) is 6.42. The van der Waals surface area contributed by atoms with E-state index in [1.54, 1.807) is 11.0 Å². The van der Waals surface area contributed by atoms with Crippen molar-refractivity contribution >= 4 is 6.03 Å². The van der Waals surface area contributed by atoms with E-state index in [1.807, 2.05) is 35.2 Å². The Hall–Kier alpha value is -2.41. The van der Waals surface area contributed by atoms with E-state index in [2.05, 4.69) is 15.4 Å². The Morgan fingerprint density at radius 2 is 2.04 bits per heavy atom. The first-order chi connectivity index (χ1) is 12.2. The number of hydrogen-bond acceptors (Lipinski definition) is 4. The first-order valence-corrected chi connectivity index (χ1v) is 8.82. The molecule has 2 N–H and O–H groups in total. The van der Waals surface area contributed by atoms with E-state index < -0.39 is 6.10 Å². The number of aryl methyl sites for hydroxylation is 1. The van der Waals surface area contributed by atoms with Crippen molar-refractivity contribution in [3.05, 3.63) is 48.5 Å². The molecule has 1 aromatic carbocycles. The van der Waals surface area contributed by atoms with Gasteiger partial charge in [-0.2, -0.15) is 5.10 Å². The summed E-state index contributed by atoms with van der Waals surface area (Å²) in [5.41, 5.74) is 0.957. The van der Waals surface area contributed by atoms with E-state index >= 15 is 0 Å². The summed E-state index contributed by atoms with van der Waals surface area (Å²) in [4.78, 5) is 17.9. The van der Waals surface area contributed by atoms with Crippen LogP contribution in [-0.4, -0.2) is 50.4 Å². The number of aromatic nitrogens is 3. The number of piperidine rings is 1. The normalized spacial score (nSPS) is 16.6. The van der Waals surface area contributed by atoms with Crippen LogP contribution in [-0.2, 0) is 6.54 Å². The van der Waals surface area contributed by atoms with E-state index in [9.17, 15) is 9.90 Å². The highest BCUT2D eigenvalue weighted by Gasteiger charge is 2.28. The molecule has 1 unspecified atom stereocenters. The van der Waals surface area contributed by atoms with Gasteiger partial charge in [-0.15, -0.1) is 0 Å². The highest BCUT2D eigenvalue weighted by molar-refractivity contribution is 5.74. The third-order valence-corrected chi connectivity index (χ3v) is 4.72. The predicted molar refractivity (Wildman–Crippen MR) is 93.7 cm³/mol. The van der Waals surface area contributed by atoms with Crippen molar-refractivity contribution in [2.75, 3.05) is 19.6 Å². The lowest BCUT2D eigenvalue weighted by Crippen LogP contribution is -2.45. The molecule has 1 atom stereocenters. The zero-order valence-corrected chi connectivity index (χ0v) is 14.3. The van der Waals surface area contributed by atoms with Crippen molar-refractivity contribution < 1.29 is 9.90 Å². The molecule has 1 saturated heterocycles. The van der Waals surface area contributed by atoms with E-state index in [0.29, 0.717) is 19.6 Å². The minimum Gasteiger partial charge on any atom is -0.388 e. The maximum atomic E-state index is 12.2. The molecule has 1 aliphatic rings. The van der Waals surface area contributed by atoms with Gasteiger partial charge in [0.2, 0.25) is 0 Å². The van der Waals surface area contributed by atoms with Crippen LogP contribution in [0.2, 0.25) is 0 Å². The Labute approximate surface area is 147 Å². The Morgan fingerprint density at radius 1 is 1.28 bits per heavy atom. The number of urea groups is 1. The minimum atomic E-state index is -0.450. The third-order valence-electron chi connectivity index (χ3n) is 4.72. The number of aliphatic hydroxyl groups excluding tert-OH is 1. The molecule has 134 valence electrons. The maximum absolute atomic E-state index is 12.2. The monoisotopic (exact) mass is 343 g/mol. The van der Waals surface area contributed by atoms with E-state index in [4.69, 9.17) is 0 Å². The fourth-order valence-corrected chi connectivity index (χ4v) is 3.24. The number of amides is 2. The predicted octanol–water partition coefficient (Wildman–Crippen LogP) is 1.82. The molecular formula is C18H25N5O2. The van der Waals surface area contributed by atoms with Gasteiger partial charge in [0.1, 0.15) is 12.7 Å². The Bertz CT molecular complexity index is 639. The molecular weight excluding hydrogens is 318 g/mol. The third kappa shape index (κ3) is 4.79. The summed E-state index contributed by atoms with van der Waals surface area (Å²) in [5, 5.41) is 17.5. The molecule has 2 aromatic rings. The van der Waals surface area contributed by atoms with Crippen molar-refractivity contribution in [2.45, 2.75) is 31.9 Å². The first-order valence-electron chi connectivity index (χ1n) is 8.82. The van der Waals surface area contributed by atoms with Gasteiger partial charge in [0, 0.05) is 26.2 Å².